The van der Waals surface area contributed by atoms with Crippen LogP contribution in [0.25, 0.3) is 5.57 Å². The molecule has 0 fully saturated rings. The first-order chi connectivity index (χ1) is 17.7. The first kappa shape index (κ1) is 28.6. The highest BCUT2D eigenvalue weighted by Crippen LogP contribution is 2.33. The summed E-state index contributed by atoms with van der Waals surface area (Å²) in [6.45, 7) is 3.98. The number of amides is 1. The fourth-order valence-electron chi connectivity index (χ4n) is 3.27. The molecular weight excluding hydrogens is 538 g/mol. The van der Waals surface area contributed by atoms with E-state index in [0.717, 1.165) is 35.9 Å². The minimum atomic E-state index is -5.01. The topological polar surface area (TPSA) is 84.5 Å². The van der Waals surface area contributed by atoms with Crippen LogP contribution in [0.5, 0.6) is 5.75 Å². The van der Waals surface area contributed by atoms with E-state index in [4.69, 9.17) is 0 Å². The van der Waals surface area contributed by atoms with Gasteiger partial charge in [-0.25, -0.2) is 8.42 Å². The number of nitrogens with one attached hydrogen (secondary N) is 2. The molecule has 1 amide bonds. The van der Waals surface area contributed by atoms with Gasteiger partial charge in [0.2, 0.25) is 0 Å². The van der Waals surface area contributed by atoms with Crippen molar-refractivity contribution in [3.63, 3.8) is 0 Å². The number of alkyl halides is 6. The van der Waals surface area contributed by atoms with Crippen LogP contribution in [0.15, 0.2) is 84.3 Å². The average molecular weight is 559 g/mol. The number of carbonyl (C=O) groups is 1. The van der Waals surface area contributed by atoms with Gasteiger partial charge < -0.3 is 10.1 Å². The predicted octanol–water partition coefficient (Wildman–Crippen LogP) is 6.24. The van der Waals surface area contributed by atoms with Crippen molar-refractivity contribution in [1.82, 2.24) is 5.32 Å². The number of hydrogen-bond donors (Lipinski definition) is 2. The van der Waals surface area contributed by atoms with Crippen LogP contribution in [0.2, 0.25) is 0 Å². The summed E-state index contributed by atoms with van der Waals surface area (Å²) >= 11 is 0. The van der Waals surface area contributed by atoms with Crippen LogP contribution in [-0.4, -0.2) is 27.2 Å². The number of anilines is 1. The second-order valence-electron chi connectivity index (χ2n) is 7.86. The minimum Gasteiger partial charge on any atom is -0.406 e. The summed E-state index contributed by atoms with van der Waals surface area (Å²) in [6.07, 6.45) is -9.55. The van der Waals surface area contributed by atoms with Crippen molar-refractivity contribution in [3.8, 4) is 5.75 Å². The van der Waals surface area contributed by atoms with Crippen molar-refractivity contribution >= 4 is 27.2 Å². The molecule has 3 rings (SSSR count). The van der Waals surface area contributed by atoms with E-state index < -0.39 is 55.9 Å². The number of rotatable bonds is 9. The molecule has 0 saturated heterocycles. The molecule has 0 aliphatic carbocycles. The molecule has 0 bridgehead atoms. The van der Waals surface area contributed by atoms with E-state index in [1.165, 1.54) is 0 Å². The zero-order chi connectivity index (χ0) is 28.1. The molecule has 0 aromatic heterocycles. The molecule has 2 N–H and O–H groups in total. The van der Waals surface area contributed by atoms with E-state index in [9.17, 15) is 39.6 Å². The Morgan fingerprint density at radius 3 is 2.11 bits per heavy atom. The van der Waals surface area contributed by atoms with Gasteiger partial charge in [-0.15, -0.1) is 13.2 Å². The number of hydrogen-bond acceptors (Lipinski definition) is 4. The van der Waals surface area contributed by atoms with E-state index in [0.29, 0.717) is 24.1 Å². The quantitative estimate of drug-likeness (QED) is 0.305. The highest BCUT2D eigenvalue weighted by Gasteiger charge is 2.33. The lowest BCUT2D eigenvalue weighted by Gasteiger charge is -2.16. The number of benzene rings is 3. The summed E-state index contributed by atoms with van der Waals surface area (Å²) in [5.74, 6) is -1.56. The number of carbonyl (C=O) groups excluding carboxylic acids is 1. The van der Waals surface area contributed by atoms with Gasteiger partial charge in [0.25, 0.3) is 15.9 Å². The maximum absolute atomic E-state index is 13.3. The fourth-order valence-corrected chi connectivity index (χ4v) is 4.34. The molecule has 0 radical (unpaired) electrons. The van der Waals surface area contributed by atoms with Gasteiger partial charge in [0.05, 0.1) is 21.7 Å². The van der Waals surface area contributed by atoms with E-state index in [-0.39, 0.29) is 6.54 Å². The third-order valence-electron chi connectivity index (χ3n) is 5.10. The zero-order valence-electron chi connectivity index (χ0n) is 19.4. The standard InChI is InChI=1S/C25H20F6N2O4S/c1-16(17-5-3-2-4-6-17)13-14-32-23(34)21-12-7-18(24(26,27)28)15-22(21)33-38(35,36)20-10-8-19(9-11-20)37-25(29,30)31/h2-12,15,33H,1,13-14H2,(H,32,34). The number of halogens is 6. The van der Waals surface area contributed by atoms with Crippen LogP contribution in [0.4, 0.5) is 32.0 Å². The molecule has 0 heterocycles. The van der Waals surface area contributed by atoms with Crippen LogP contribution in [0, 0.1) is 0 Å². The van der Waals surface area contributed by atoms with Gasteiger partial charge >= 0.3 is 12.5 Å². The highest BCUT2D eigenvalue weighted by molar-refractivity contribution is 7.92. The molecule has 3 aromatic rings. The molecule has 0 saturated carbocycles. The van der Waals surface area contributed by atoms with E-state index >= 15 is 0 Å². The summed E-state index contributed by atoms with van der Waals surface area (Å²) < 4.78 is 108. The van der Waals surface area contributed by atoms with Gasteiger partial charge in [0, 0.05) is 6.54 Å². The van der Waals surface area contributed by atoms with Crippen molar-refractivity contribution in [2.24, 2.45) is 0 Å². The summed E-state index contributed by atoms with van der Waals surface area (Å²) in [7, 11) is -4.61. The van der Waals surface area contributed by atoms with Crippen LogP contribution >= 0.6 is 0 Å². The molecule has 0 spiro atoms. The zero-order valence-corrected chi connectivity index (χ0v) is 20.2. The molecule has 0 aliphatic heterocycles. The predicted molar refractivity (Wildman–Crippen MR) is 128 cm³/mol. The highest BCUT2D eigenvalue weighted by atomic mass is 32.2. The van der Waals surface area contributed by atoms with Crippen LogP contribution < -0.4 is 14.8 Å². The third kappa shape index (κ3) is 7.75. The normalized spacial score (nSPS) is 12.1. The Labute approximate surface area is 214 Å². The molecule has 0 unspecified atom stereocenters. The smallest absolute Gasteiger partial charge is 0.406 e. The Bertz CT molecular complexity index is 1400. The van der Waals surface area contributed by atoms with Crippen molar-refractivity contribution in [1.29, 1.82) is 0 Å². The molecule has 0 aliphatic rings. The summed E-state index contributed by atoms with van der Waals surface area (Å²) in [5, 5.41) is 2.51. The maximum atomic E-state index is 13.3. The van der Waals surface area contributed by atoms with Gasteiger partial charge in [0.15, 0.2) is 0 Å². The summed E-state index contributed by atoms with van der Waals surface area (Å²) in [6, 6.07) is 13.9. The van der Waals surface area contributed by atoms with Crippen LogP contribution in [0.3, 0.4) is 0 Å². The molecule has 13 heteroatoms. The van der Waals surface area contributed by atoms with E-state index in [1.54, 1.807) is 12.1 Å². The second kappa shape index (κ2) is 11.2. The fraction of sp³-hybridized carbons (Fsp3) is 0.160. The Hall–Kier alpha value is -4.00. The maximum Gasteiger partial charge on any atom is 0.573 e. The Kier molecular flexibility index (Phi) is 8.40. The monoisotopic (exact) mass is 558 g/mol. The largest absolute Gasteiger partial charge is 0.573 e. The van der Waals surface area contributed by atoms with Crippen LogP contribution in [-0.2, 0) is 16.2 Å². The first-order valence-electron chi connectivity index (χ1n) is 10.8. The van der Waals surface area contributed by atoms with Crippen LogP contribution in [0.1, 0.15) is 27.9 Å². The second-order valence-corrected chi connectivity index (χ2v) is 9.54. The van der Waals surface area contributed by atoms with Crippen molar-refractivity contribution in [2.45, 2.75) is 23.9 Å². The molecule has 3 aromatic carbocycles. The number of sulfonamides is 1. The van der Waals surface area contributed by atoms with E-state index in [1.807, 2.05) is 22.9 Å². The molecule has 0 atom stereocenters. The number of ether oxygens (including phenoxy) is 1. The molecule has 6 nitrogen and oxygen atoms in total. The van der Waals surface area contributed by atoms with Gasteiger partial charge in [-0.05, 0) is 60.0 Å². The Morgan fingerprint density at radius 1 is 0.895 bits per heavy atom. The lowest BCUT2D eigenvalue weighted by atomic mass is 10.0. The first-order valence-corrected chi connectivity index (χ1v) is 12.3. The van der Waals surface area contributed by atoms with Gasteiger partial charge in [-0.2, -0.15) is 13.2 Å². The van der Waals surface area contributed by atoms with Crippen molar-refractivity contribution < 1.29 is 44.3 Å². The van der Waals surface area contributed by atoms with Gasteiger partial charge in [-0.3, -0.25) is 9.52 Å². The van der Waals surface area contributed by atoms with Gasteiger partial charge in [0.1, 0.15) is 5.75 Å². The summed E-state index contributed by atoms with van der Waals surface area (Å²) in [5.41, 5.74) is -0.773. The SMILES string of the molecule is C=C(CCNC(=O)c1ccc(C(F)(F)F)cc1NS(=O)(=O)c1ccc(OC(F)(F)F)cc1)c1ccccc1. The lowest BCUT2D eigenvalue weighted by Crippen LogP contribution is -2.26. The Balaban J connectivity index is 1.82. The van der Waals surface area contributed by atoms with Gasteiger partial charge in [-0.1, -0.05) is 36.9 Å². The minimum absolute atomic E-state index is 0.0560. The average Bonchev–Trinajstić information content (AvgIpc) is 2.83. The lowest BCUT2D eigenvalue weighted by molar-refractivity contribution is -0.274. The third-order valence-corrected chi connectivity index (χ3v) is 6.48. The van der Waals surface area contributed by atoms with E-state index in [2.05, 4.69) is 16.6 Å². The molecule has 38 heavy (non-hydrogen) atoms. The summed E-state index contributed by atoms with van der Waals surface area (Å²) in [4.78, 5) is 12.2. The molecule has 202 valence electrons. The van der Waals surface area contributed by atoms with Crippen molar-refractivity contribution in [3.05, 3.63) is 96.1 Å². The Morgan fingerprint density at radius 2 is 1.53 bits per heavy atom. The molecular formula is C25H20F6N2O4S. The van der Waals surface area contributed by atoms with Crippen molar-refractivity contribution in [2.75, 3.05) is 11.3 Å².